The number of ether oxygens (including phenoxy) is 2. The van der Waals surface area contributed by atoms with Gasteiger partial charge in [-0.1, -0.05) is 44.2 Å². The maximum atomic E-state index is 12.9. The predicted octanol–water partition coefficient (Wildman–Crippen LogP) is 4.85. The summed E-state index contributed by atoms with van der Waals surface area (Å²) in [5.74, 6) is 0.969. The van der Waals surface area contributed by atoms with Crippen LogP contribution in [-0.4, -0.2) is 33.2 Å². The zero-order valence-corrected chi connectivity index (χ0v) is 20.8. The van der Waals surface area contributed by atoms with E-state index in [0.29, 0.717) is 33.9 Å². The van der Waals surface area contributed by atoms with Crippen LogP contribution in [0.3, 0.4) is 0 Å². The third-order valence-electron chi connectivity index (χ3n) is 5.95. The molecule has 0 fully saturated rings. The second-order valence-electron chi connectivity index (χ2n) is 10.1. The number of phenolic OH excluding ortho intramolecular Hbond substituents is 1. The van der Waals surface area contributed by atoms with Gasteiger partial charge in [0, 0.05) is 12.0 Å². The van der Waals surface area contributed by atoms with Crippen LogP contribution >= 0.6 is 11.3 Å². The Labute approximate surface area is 202 Å². The monoisotopic (exact) mass is 483 g/mol. The number of carbonyl (C=O) groups is 1. The first-order valence-electron chi connectivity index (χ1n) is 11.1. The van der Waals surface area contributed by atoms with Gasteiger partial charge in [0.05, 0.1) is 16.9 Å². The lowest BCUT2D eigenvalue weighted by atomic mass is 9.83. The van der Waals surface area contributed by atoms with E-state index in [9.17, 15) is 19.8 Å². The molecule has 0 spiro atoms. The van der Waals surface area contributed by atoms with Gasteiger partial charge in [-0.3, -0.25) is 14.6 Å². The highest BCUT2D eigenvalue weighted by Crippen LogP contribution is 2.41. The maximum absolute atomic E-state index is 12.9. The van der Waals surface area contributed by atoms with Crippen LogP contribution in [0.5, 0.6) is 23.1 Å². The van der Waals surface area contributed by atoms with Crippen LogP contribution in [0.25, 0.3) is 0 Å². The molecule has 0 radical (unpaired) electrons. The summed E-state index contributed by atoms with van der Waals surface area (Å²) in [6, 6.07) is 8.96. The number of aromatic amines is 1. The molecule has 1 unspecified atom stereocenters. The van der Waals surface area contributed by atoms with Gasteiger partial charge in [0.1, 0.15) is 29.5 Å². The molecule has 2 heterocycles. The first kappa shape index (κ1) is 23.9. The topological polar surface area (TPSA) is 109 Å². The number of phenols is 1. The molecule has 2 aromatic carbocycles. The Hall–Kier alpha value is -3.26. The van der Waals surface area contributed by atoms with Crippen molar-refractivity contribution in [2.45, 2.75) is 58.5 Å². The van der Waals surface area contributed by atoms with E-state index in [0.717, 1.165) is 22.5 Å². The quantitative estimate of drug-likeness (QED) is 0.479. The van der Waals surface area contributed by atoms with Gasteiger partial charge < -0.3 is 19.7 Å². The minimum Gasteiger partial charge on any atom is -0.508 e. The van der Waals surface area contributed by atoms with Crippen LogP contribution < -0.4 is 14.3 Å². The van der Waals surface area contributed by atoms with Crippen molar-refractivity contribution in [3.8, 4) is 23.1 Å². The summed E-state index contributed by atoms with van der Waals surface area (Å²) in [6.45, 7) is 9.88. The summed E-state index contributed by atoms with van der Waals surface area (Å²) in [7, 11) is 0. The number of rotatable bonds is 5. The van der Waals surface area contributed by atoms with Crippen molar-refractivity contribution in [2.24, 2.45) is 0 Å². The lowest BCUT2D eigenvalue weighted by Gasteiger charge is -2.35. The van der Waals surface area contributed by atoms with E-state index in [2.05, 4.69) is 4.98 Å². The normalized spacial score (nSPS) is 17.9. The Kier molecular flexibility index (Phi) is 5.97. The molecule has 8 heteroatoms. The second kappa shape index (κ2) is 8.51. The van der Waals surface area contributed by atoms with E-state index in [-0.39, 0.29) is 40.7 Å². The number of fused-ring (bicyclic) bond motifs is 1. The first-order chi connectivity index (χ1) is 15.8. The lowest BCUT2D eigenvalue weighted by Crippen LogP contribution is -2.44. The fourth-order valence-electron chi connectivity index (χ4n) is 4.09. The third-order valence-corrected chi connectivity index (χ3v) is 6.82. The van der Waals surface area contributed by atoms with Crippen molar-refractivity contribution >= 4 is 17.1 Å². The van der Waals surface area contributed by atoms with Crippen molar-refractivity contribution in [3.63, 3.8) is 0 Å². The van der Waals surface area contributed by atoms with E-state index in [1.165, 1.54) is 6.07 Å². The maximum Gasteiger partial charge on any atom is 0.307 e. The van der Waals surface area contributed by atoms with Gasteiger partial charge in [-0.15, -0.1) is 0 Å². The molecular weight excluding hydrogens is 454 g/mol. The van der Waals surface area contributed by atoms with Gasteiger partial charge in [-0.05, 0) is 48.6 Å². The summed E-state index contributed by atoms with van der Waals surface area (Å²) in [6.07, 6.45) is 0.517. The number of ketones is 1. The largest absolute Gasteiger partial charge is 0.508 e. The second-order valence-corrected chi connectivity index (χ2v) is 11.2. The SMILES string of the molecule is Cc1ccc(Cc2sc(=O)[nH]c2O)cc1OCC1(C)CC(=O)c2cc(O)c(C(C)(C)C)cc2O1. The summed E-state index contributed by atoms with van der Waals surface area (Å²) < 4.78 is 12.4. The molecule has 0 amide bonds. The predicted molar refractivity (Wildman–Crippen MR) is 131 cm³/mol. The Balaban J connectivity index is 1.54. The molecule has 0 bridgehead atoms. The number of Topliss-reactive ketones (excluding diaryl/α,β-unsaturated/α-hetero) is 1. The van der Waals surface area contributed by atoms with Crippen molar-refractivity contribution in [2.75, 3.05) is 6.61 Å². The molecule has 180 valence electrons. The van der Waals surface area contributed by atoms with Gasteiger partial charge in [0.15, 0.2) is 5.78 Å². The third kappa shape index (κ3) is 4.82. The van der Waals surface area contributed by atoms with E-state index < -0.39 is 5.60 Å². The number of nitrogens with one attached hydrogen (secondary N) is 1. The van der Waals surface area contributed by atoms with E-state index in [1.54, 1.807) is 6.07 Å². The standard InChI is InChI=1S/C26H29NO6S/c1-14-6-7-15(9-22-23(30)27-24(31)34-22)8-20(14)32-13-26(5)12-19(29)16-10-18(28)17(25(2,3)4)11-21(16)33-26/h6-8,10-11,28,30H,9,12-13H2,1-5H3,(H,27,31). The fraction of sp³-hybridized carbons (Fsp3) is 0.385. The molecule has 1 aliphatic rings. The summed E-state index contributed by atoms with van der Waals surface area (Å²) in [5.41, 5.74) is 1.70. The Bertz CT molecular complexity index is 1320. The number of carbonyl (C=O) groups excluding carboxylic acids is 1. The number of thiazole rings is 1. The molecule has 7 nitrogen and oxygen atoms in total. The van der Waals surface area contributed by atoms with Crippen LogP contribution in [0.4, 0.5) is 0 Å². The van der Waals surface area contributed by atoms with Crippen LogP contribution in [-0.2, 0) is 11.8 Å². The van der Waals surface area contributed by atoms with Crippen LogP contribution in [0.1, 0.15) is 66.0 Å². The molecule has 34 heavy (non-hydrogen) atoms. The van der Waals surface area contributed by atoms with E-state index >= 15 is 0 Å². The van der Waals surface area contributed by atoms with Gasteiger partial charge >= 0.3 is 4.87 Å². The molecule has 4 rings (SSSR count). The number of aromatic hydroxyl groups is 2. The molecular formula is C26H29NO6S. The smallest absolute Gasteiger partial charge is 0.307 e. The van der Waals surface area contributed by atoms with Crippen LogP contribution in [0.15, 0.2) is 35.1 Å². The minimum absolute atomic E-state index is 0.0916. The summed E-state index contributed by atoms with van der Waals surface area (Å²) in [4.78, 5) is 27.0. The highest BCUT2D eigenvalue weighted by molar-refractivity contribution is 7.09. The Morgan fingerprint density at radius 2 is 1.91 bits per heavy atom. The molecule has 3 N–H and O–H groups in total. The number of aryl methyl sites for hydroxylation is 1. The first-order valence-corrected chi connectivity index (χ1v) is 11.9. The molecule has 3 aromatic rings. The number of H-pyrrole nitrogens is 1. The molecule has 0 aliphatic carbocycles. The molecule has 1 atom stereocenters. The number of hydrogen-bond acceptors (Lipinski definition) is 7. The lowest BCUT2D eigenvalue weighted by molar-refractivity contribution is 0.0186. The van der Waals surface area contributed by atoms with Gasteiger partial charge in [0.2, 0.25) is 5.88 Å². The van der Waals surface area contributed by atoms with Crippen molar-refractivity contribution in [3.05, 3.63) is 67.1 Å². The van der Waals surface area contributed by atoms with Crippen molar-refractivity contribution in [1.82, 2.24) is 4.98 Å². The van der Waals surface area contributed by atoms with Gasteiger partial charge in [-0.25, -0.2) is 0 Å². The van der Waals surface area contributed by atoms with Crippen molar-refractivity contribution < 1.29 is 24.5 Å². The zero-order chi connectivity index (χ0) is 24.8. The van der Waals surface area contributed by atoms with Crippen molar-refractivity contribution in [1.29, 1.82) is 0 Å². The summed E-state index contributed by atoms with van der Waals surface area (Å²) in [5, 5.41) is 20.3. The van der Waals surface area contributed by atoms with Crippen LogP contribution in [0, 0.1) is 6.92 Å². The fourth-order valence-corrected chi connectivity index (χ4v) is 4.84. The Morgan fingerprint density at radius 3 is 2.56 bits per heavy atom. The molecule has 1 aromatic heterocycles. The zero-order valence-electron chi connectivity index (χ0n) is 19.9. The average Bonchev–Trinajstić information content (AvgIpc) is 3.04. The molecule has 0 saturated carbocycles. The number of hydrogen-bond donors (Lipinski definition) is 3. The minimum atomic E-state index is -0.878. The van der Waals surface area contributed by atoms with E-state index in [4.69, 9.17) is 9.47 Å². The summed E-state index contributed by atoms with van der Waals surface area (Å²) >= 11 is 0.975. The van der Waals surface area contributed by atoms with E-state index in [1.807, 2.05) is 52.8 Å². The number of aromatic nitrogens is 1. The Morgan fingerprint density at radius 1 is 1.18 bits per heavy atom. The number of benzene rings is 2. The highest BCUT2D eigenvalue weighted by Gasteiger charge is 2.39. The molecule has 1 aliphatic heterocycles. The van der Waals surface area contributed by atoms with Gasteiger partial charge in [0.25, 0.3) is 0 Å². The van der Waals surface area contributed by atoms with Crippen LogP contribution in [0.2, 0.25) is 0 Å². The van der Waals surface area contributed by atoms with Gasteiger partial charge in [-0.2, -0.15) is 0 Å². The highest BCUT2D eigenvalue weighted by atomic mass is 32.1. The average molecular weight is 484 g/mol. The molecule has 0 saturated heterocycles.